The third-order valence-electron chi connectivity index (χ3n) is 5.55. The summed E-state index contributed by atoms with van der Waals surface area (Å²) in [5.74, 6) is 0.981. The molecule has 0 radical (unpaired) electrons. The van der Waals surface area contributed by atoms with Gasteiger partial charge < -0.3 is 9.64 Å². The van der Waals surface area contributed by atoms with Gasteiger partial charge in [-0.25, -0.2) is 0 Å². The Kier molecular flexibility index (Phi) is 6.23. The third-order valence-corrected chi connectivity index (χ3v) is 5.55. The molecular weight excluding hydrogens is 354 g/mol. The molecule has 0 aliphatic carbocycles. The summed E-state index contributed by atoms with van der Waals surface area (Å²) in [6.07, 6.45) is 1.07. The number of hydrogen-bond acceptors (Lipinski definition) is 1. The van der Waals surface area contributed by atoms with Gasteiger partial charge >= 0.3 is 0 Å². The smallest absolute Gasteiger partial charge is 0.128 e. The van der Waals surface area contributed by atoms with Crippen molar-refractivity contribution in [3.05, 3.63) is 114 Å². The molecule has 1 N–H and O–H groups in total. The van der Waals surface area contributed by atoms with Gasteiger partial charge in [0.1, 0.15) is 18.8 Å². The van der Waals surface area contributed by atoms with E-state index >= 15 is 0 Å². The summed E-state index contributed by atoms with van der Waals surface area (Å²) in [6.45, 7) is 3.01. The SMILES string of the molecule is COc1ccc2ccccc2c1C[NH+](CCc1ccccc1)Cc1ccccc1. The highest BCUT2D eigenvalue weighted by atomic mass is 16.5. The van der Waals surface area contributed by atoms with E-state index in [4.69, 9.17) is 4.74 Å². The summed E-state index contributed by atoms with van der Waals surface area (Å²) in [5, 5.41) is 2.56. The zero-order chi connectivity index (χ0) is 19.9. The number of ether oxygens (including phenoxy) is 1. The van der Waals surface area contributed by atoms with E-state index in [2.05, 4.69) is 97.1 Å². The molecule has 4 aromatic rings. The van der Waals surface area contributed by atoms with E-state index in [1.54, 1.807) is 7.11 Å². The zero-order valence-corrected chi connectivity index (χ0v) is 17.0. The van der Waals surface area contributed by atoms with Crippen LogP contribution in [0.4, 0.5) is 0 Å². The maximum atomic E-state index is 5.75. The summed E-state index contributed by atoms with van der Waals surface area (Å²) in [4.78, 5) is 1.54. The van der Waals surface area contributed by atoms with Crippen molar-refractivity contribution < 1.29 is 9.64 Å². The lowest BCUT2D eigenvalue weighted by molar-refractivity contribution is -0.927. The van der Waals surface area contributed by atoms with E-state index in [1.807, 2.05) is 0 Å². The molecule has 4 aromatic carbocycles. The number of rotatable bonds is 8. The fraction of sp³-hybridized carbons (Fsp3) is 0.185. The molecule has 0 saturated carbocycles. The van der Waals surface area contributed by atoms with E-state index in [0.29, 0.717) is 0 Å². The van der Waals surface area contributed by atoms with Crippen LogP contribution in [-0.4, -0.2) is 13.7 Å². The Hall–Kier alpha value is -3.10. The molecule has 146 valence electrons. The largest absolute Gasteiger partial charge is 0.496 e. The fourth-order valence-electron chi connectivity index (χ4n) is 4.03. The molecule has 29 heavy (non-hydrogen) atoms. The Bertz CT molecular complexity index is 1040. The van der Waals surface area contributed by atoms with Crippen molar-refractivity contribution in [1.29, 1.82) is 0 Å². The molecule has 0 aromatic heterocycles. The van der Waals surface area contributed by atoms with Crippen molar-refractivity contribution >= 4 is 10.8 Å². The predicted molar refractivity (Wildman–Crippen MR) is 120 cm³/mol. The highest BCUT2D eigenvalue weighted by Gasteiger charge is 2.17. The minimum atomic E-state index is 0.937. The Labute approximate surface area is 173 Å². The van der Waals surface area contributed by atoms with Gasteiger partial charge in [0.25, 0.3) is 0 Å². The first-order chi connectivity index (χ1) is 14.3. The lowest BCUT2D eigenvalue weighted by Gasteiger charge is -2.22. The van der Waals surface area contributed by atoms with Crippen LogP contribution >= 0.6 is 0 Å². The van der Waals surface area contributed by atoms with Crippen molar-refractivity contribution in [3.63, 3.8) is 0 Å². The van der Waals surface area contributed by atoms with Gasteiger partial charge in [0.2, 0.25) is 0 Å². The van der Waals surface area contributed by atoms with E-state index < -0.39 is 0 Å². The highest BCUT2D eigenvalue weighted by molar-refractivity contribution is 5.87. The first kappa shape index (κ1) is 19.2. The Morgan fingerprint density at radius 1 is 0.655 bits per heavy atom. The molecule has 2 heteroatoms. The quantitative estimate of drug-likeness (QED) is 0.467. The van der Waals surface area contributed by atoms with Gasteiger partial charge in [-0.3, -0.25) is 0 Å². The molecular formula is C27H28NO+. The monoisotopic (exact) mass is 382 g/mol. The van der Waals surface area contributed by atoms with Gasteiger partial charge in [0, 0.05) is 12.0 Å². The number of nitrogens with one attached hydrogen (secondary N) is 1. The molecule has 4 rings (SSSR count). The predicted octanol–water partition coefficient (Wildman–Crippen LogP) is 4.68. The van der Waals surface area contributed by atoms with E-state index in [9.17, 15) is 0 Å². The molecule has 0 spiro atoms. The first-order valence-electron chi connectivity index (χ1n) is 10.3. The van der Waals surface area contributed by atoms with E-state index in [-0.39, 0.29) is 0 Å². The summed E-state index contributed by atoms with van der Waals surface area (Å²) < 4.78 is 5.75. The van der Waals surface area contributed by atoms with Crippen LogP contribution in [-0.2, 0) is 19.5 Å². The third kappa shape index (κ3) is 4.85. The number of quaternary nitrogens is 1. The second-order valence-corrected chi connectivity index (χ2v) is 7.54. The second kappa shape index (κ2) is 9.40. The van der Waals surface area contributed by atoms with Gasteiger partial charge in [-0.05, 0) is 22.4 Å². The van der Waals surface area contributed by atoms with Crippen molar-refractivity contribution in [2.45, 2.75) is 19.5 Å². The molecule has 0 fully saturated rings. The topological polar surface area (TPSA) is 13.7 Å². The normalized spacial score (nSPS) is 12.0. The second-order valence-electron chi connectivity index (χ2n) is 7.54. The van der Waals surface area contributed by atoms with Crippen LogP contribution in [0.3, 0.4) is 0 Å². The first-order valence-corrected chi connectivity index (χ1v) is 10.3. The average Bonchev–Trinajstić information content (AvgIpc) is 2.79. The van der Waals surface area contributed by atoms with Crippen molar-refractivity contribution in [2.24, 2.45) is 0 Å². The van der Waals surface area contributed by atoms with Crippen molar-refractivity contribution in [1.82, 2.24) is 0 Å². The molecule has 1 unspecified atom stereocenters. The molecule has 0 aliphatic heterocycles. The van der Waals surface area contributed by atoms with E-state index in [1.165, 1.54) is 32.4 Å². The molecule has 1 atom stereocenters. The maximum Gasteiger partial charge on any atom is 0.128 e. The van der Waals surface area contributed by atoms with Crippen LogP contribution in [0.15, 0.2) is 97.1 Å². The number of benzene rings is 4. The van der Waals surface area contributed by atoms with Gasteiger partial charge in [0.15, 0.2) is 0 Å². The van der Waals surface area contributed by atoms with Crippen LogP contribution in [0, 0.1) is 0 Å². The van der Waals surface area contributed by atoms with Crippen LogP contribution in [0.1, 0.15) is 16.7 Å². The zero-order valence-electron chi connectivity index (χ0n) is 17.0. The minimum absolute atomic E-state index is 0.937. The average molecular weight is 383 g/mol. The van der Waals surface area contributed by atoms with Crippen molar-refractivity contribution in [2.75, 3.05) is 13.7 Å². The lowest BCUT2D eigenvalue weighted by atomic mass is 10.0. The molecule has 0 aliphatic rings. The van der Waals surface area contributed by atoms with Crippen molar-refractivity contribution in [3.8, 4) is 5.75 Å². The standard InChI is InChI=1S/C27H27NO/c1-29-27-17-16-24-14-8-9-15-25(24)26(27)21-28(20-23-12-6-3-7-13-23)19-18-22-10-4-2-5-11-22/h2-17H,18-21H2,1H3/p+1. The summed E-state index contributed by atoms with van der Waals surface area (Å²) in [6, 6.07) is 34.4. The summed E-state index contributed by atoms with van der Waals surface area (Å²) in [7, 11) is 1.77. The Morgan fingerprint density at radius 3 is 2.03 bits per heavy atom. The van der Waals surface area contributed by atoms with Gasteiger partial charge in [-0.1, -0.05) is 91.0 Å². The molecule has 0 amide bonds. The highest BCUT2D eigenvalue weighted by Crippen LogP contribution is 2.27. The molecule has 2 nitrogen and oxygen atoms in total. The van der Waals surface area contributed by atoms with Crippen LogP contribution in [0.2, 0.25) is 0 Å². The minimum Gasteiger partial charge on any atom is -0.496 e. The van der Waals surface area contributed by atoms with Gasteiger partial charge in [-0.15, -0.1) is 0 Å². The number of hydrogen-bond donors (Lipinski definition) is 1. The van der Waals surface area contributed by atoms with Crippen LogP contribution in [0.25, 0.3) is 10.8 Å². The van der Waals surface area contributed by atoms with Gasteiger partial charge in [0.05, 0.1) is 19.2 Å². The lowest BCUT2D eigenvalue weighted by Crippen LogP contribution is -3.09. The molecule has 0 heterocycles. The van der Waals surface area contributed by atoms with E-state index in [0.717, 1.165) is 31.8 Å². The Morgan fingerprint density at radius 2 is 1.31 bits per heavy atom. The van der Waals surface area contributed by atoms with Gasteiger partial charge in [-0.2, -0.15) is 0 Å². The summed E-state index contributed by atoms with van der Waals surface area (Å²) in [5.41, 5.74) is 4.06. The Balaban J connectivity index is 1.63. The molecule has 0 bridgehead atoms. The number of fused-ring (bicyclic) bond motifs is 1. The maximum absolute atomic E-state index is 5.75. The fourth-order valence-corrected chi connectivity index (χ4v) is 4.03. The van der Waals surface area contributed by atoms with Crippen LogP contribution in [0.5, 0.6) is 5.75 Å². The summed E-state index contributed by atoms with van der Waals surface area (Å²) >= 11 is 0. The molecule has 0 saturated heterocycles. The van der Waals surface area contributed by atoms with Crippen LogP contribution < -0.4 is 9.64 Å². The number of methoxy groups -OCH3 is 1.